The molecule has 0 amide bonds. The van der Waals surface area contributed by atoms with Crippen molar-refractivity contribution in [3.63, 3.8) is 0 Å². The molecule has 34 heavy (non-hydrogen) atoms. The van der Waals surface area contributed by atoms with E-state index in [-0.39, 0.29) is 35.2 Å². The van der Waals surface area contributed by atoms with Gasteiger partial charge in [-0.1, -0.05) is 36.4 Å². The molecule has 0 unspecified atom stereocenters. The Kier molecular flexibility index (Phi) is 7.03. The van der Waals surface area contributed by atoms with Gasteiger partial charge in [-0.25, -0.2) is 17.2 Å². The number of nitrogens with zero attached hydrogens (tertiary/aromatic N) is 2. The Bertz CT molecular complexity index is 1290. The van der Waals surface area contributed by atoms with Crippen molar-refractivity contribution in [2.75, 3.05) is 13.1 Å². The minimum absolute atomic E-state index is 0.0220. The molecular weight excluding hydrogens is 460 g/mol. The molecule has 3 aromatic carbocycles. The molecule has 0 atom stereocenters. The van der Waals surface area contributed by atoms with E-state index in [1.54, 1.807) is 42.5 Å². The standard InChI is InChI=1S/C25H21F2N3O3S/c26-21-9-5-18(6-10-21)25(19-7-11-22(27)12-8-19)33-29-23-13-15-30(16-14-23)34(31,32)24-4-2-1-3-20(24)17-28/h1-13,25,29H,14-16H2. The maximum absolute atomic E-state index is 13.4. The third-order valence-corrected chi connectivity index (χ3v) is 7.37. The van der Waals surface area contributed by atoms with Crippen molar-refractivity contribution < 1.29 is 22.0 Å². The Labute approximate surface area is 196 Å². The molecule has 3 aromatic rings. The van der Waals surface area contributed by atoms with E-state index in [1.807, 2.05) is 6.07 Å². The fourth-order valence-corrected chi connectivity index (χ4v) is 5.15. The van der Waals surface area contributed by atoms with Crippen LogP contribution in [0.25, 0.3) is 0 Å². The molecule has 6 nitrogen and oxygen atoms in total. The van der Waals surface area contributed by atoms with Gasteiger partial charge in [0, 0.05) is 25.2 Å². The highest BCUT2D eigenvalue weighted by molar-refractivity contribution is 7.89. The van der Waals surface area contributed by atoms with Crippen LogP contribution in [0.1, 0.15) is 29.2 Å². The number of nitriles is 1. The van der Waals surface area contributed by atoms with Crippen molar-refractivity contribution in [1.82, 2.24) is 9.79 Å². The summed E-state index contributed by atoms with van der Waals surface area (Å²) in [5, 5.41) is 9.25. The number of benzene rings is 3. The first-order valence-electron chi connectivity index (χ1n) is 10.5. The summed E-state index contributed by atoms with van der Waals surface area (Å²) in [6.07, 6.45) is 1.40. The monoisotopic (exact) mass is 481 g/mol. The minimum Gasteiger partial charge on any atom is -0.270 e. The minimum atomic E-state index is -3.83. The molecule has 0 aromatic heterocycles. The molecule has 4 rings (SSSR count). The Hall–Kier alpha value is -3.58. The highest BCUT2D eigenvalue weighted by Gasteiger charge is 2.28. The van der Waals surface area contributed by atoms with Gasteiger partial charge in [-0.05, 0) is 53.6 Å². The van der Waals surface area contributed by atoms with Gasteiger partial charge in [-0.3, -0.25) is 10.3 Å². The highest BCUT2D eigenvalue weighted by Crippen LogP contribution is 2.27. The molecule has 0 spiro atoms. The molecule has 9 heteroatoms. The number of sulfonamides is 1. The number of hydrogen-bond donors (Lipinski definition) is 1. The van der Waals surface area contributed by atoms with Crippen LogP contribution in [0.2, 0.25) is 0 Å². The second kappa shape index (κ2) is 10.1. The van der Waals surface area contributed by atoms with Crippen LogP contribution in [-0.4, -0.2) is 25.8 Å². The Morgan fingerprint density at radius 1 is 0.941 bits per heavy atom. The molecule has 0 saturated carbocycles. The Morgan fingerprint density at radius 2 is 1.53 bits per heavy atom. The van der Waals surface area contributed by atoms with E-state index in [0.717, 1.165) is 0 Å². The van der Waals surface area contributed by atoms with Crippen LogP contribution < -0.4 is 5.48 Å². The van der Waals surface area contributed by atoms with E-state index < -0.39 is 16.1 Å². The first kappa shape index (κ1) is 23.6. The summed E-state index contributed by atoms with van der Waals surface area (Å²) in [7, 11) is -3.83. The molecule has 1 aliphatic heterocycles. The third kappa shape index (κ3) is 5.15. The van der Waals surface area contributed by atoms with Gasteiger partial charge < -0.3 is 0 Å². The van der Waals surface area contributed by atoms with Gasteiger partial charge in [0.05, 0.1) is 10.5 Å². The zero-order chi connectivity index (χ0) is 24.1. The predicted octanol–water partition coefficient (Wildman–Crippen LogP) is 4.43. The van der Waals surface area contributed by atoms with Gasteiger partial charge >= 0.3 is 0 Å². The second-order valence-corrected chi connectivity index (χ2v) is 9.56. The normalized spacial score (nSPS) is 14.5. The van der Waals surface area contributed by atoms with Crippen molar-refractivity contribution in [3.05, 3.63) is 113 Å². The quantitative estimate of drug-likeness (QED) is 0.505. The molecule has 0 saturated heterocycles. The van der Waals surface area contributed by atoms with Crippen molar-refractivity contribution >= 4 is 10.0 Å². The van der Waals surface area contributed by atoms with Crippen LogP contribution in [0.5, 0.6) is 0 Å². The molecular formula is C25H21F2N3O3S. The summed E-state index contributed by atoms with van der Waals surface area (Å²) in [6.45, 7) is 0.299. The highest BCUT2D eigenvalue weighted by atomic mass is 32.2. The van der Waals surface area contributed by atoms with Gasteiger partial charge in [0.25, 0.3) is 0 Å². The predicted molar refractivity (Wildman–Crippen MR) is 121 cm³/mol. The van der Waals surface area contributed by atoms with Crippen molar-refractivity contribution in [1.29, 1.82) is 5.26 Å². The Morgan fingerprint density at radius 3 is 2.06 bits per heavy atom. The van der Waals surface area contributed by atoms with Crippen LogP contribution in [0.4, 0.5) is 8.78 Å². The Balaban J connectivity index is 1.49. The van der Waals surface area contributed by atoms with Crippen molar-refractivity contribution in [3.8, 4) is 6.07 Å². The first-order valence-corrected chi connectivity index (χ1v) is 11.9. The van der Waals surface area contributed by atoms with E-state index in [9.17, 15) is 22.5 Å². The van der Waals surface area contributed by atoms with Gasteiger partial charge in [0.15, 0.2) is 0 Å². The lowest BCUT2D eigenvalue weighted by Gasteiger charge is -2.27. The summed E-state index contributed by atoms with van der Waals surface area (Å²) in [6, 6.07) is 19.6. The van der Waals surface area contributed by atoms with E-state index in [1.165, 1.54) is 40.7 Å². The van der Waals surface area contributed by atoms with E-state index >= 15 is 0 Å². The summed E-state index contributed by atoms with van der Waals surface area (Å²) in [5.41, 5.74) is 4.98. The molecule has 174 valence electrons. The van der Waals surface area contributed by atoms with Crippen LogP contribution in [0, 0.1) is 23.0 Å². The van der Waals surface area contributed by atoms with E-state index in [2.05, 4.69) is 5.48 Å². The number of halogens is 2. The summed E-state index contributed by atoms with van der Waals surface area (Å²) < 4.78 is 54.1. The van der Waals surface area contributed by atoms with E-state index in [0.29, 0.717) is 23.2 Å². The maximum atomic E-state index is 13.4. The van der Waals surface area contributed by atoms with E-state index in [4.69, 9.17) is 4.84 Å². The smallest absolute Gasteiger partial charge is 0.244 e. The third-order valence-electron chi connectivity index (χ3n) is 5.45. The lowest BCUT2D eigenvalue weighted by Crippen LogP contribution is -2.37. The average molecular weight is 482 g/mol. The van der Waals surface area contributed by atoms with Gasteiger partial charge in [0.1, 0.15) is 23.8 Å². The first-order chi connectivity index (χ1) is 16.4. The summed E-state index contributed by atoms with van der Waals surface area (Å²) >= 11 is 0. The zero-order valence-electron chi connectivity index (χ0n) is 18.0. The summed E-state index contributed by atoms with van der Waals surface area (Å²) in [4.78, 5) is 5.88. The molecule has 0 aliphatic carbocycles. The number of hydroxylamine groups is 1. The number of rotatable bonds is 7. The molecule has 1 aliphatic rings. The van der Waals surface area contributed by atoms with Crippen LogP contribution in [0.15, 0.2) is 89.5 Å². The lowest BCUT2D eigenvalue weighted by molar-refractivity contribution is 0.0109. The van der Waals surface area contributed by atoms with Crippen LogP contribution in [-0.2, 0) is 14.9 Å². The van der Waals surface area contributed by atoms with Gasteiger partial charge in [0.2, 0.25) is 10.0 Å². The van der Waals surface area contributed by atoms with Gasteiger partial charge in [-0.15, -0.1) is 0 Å². The largest absolute Gasteiger partial charge is 0.270 e. The van der Waals surface area contributed by atoms with Crippen molar-refractivity contribution in [2.45, 2.75) is 17.4 Å². The SMILES string of the molecule is N#Cc1ccccc1S(=O)(=O)N1CC=C(NOC(c2ccc(F)cc2)c2ccc(F)cc2)CC1. The van der Waals surface area contributed by atoms with Crippen LogP contribution in [0.3, 0.4) is 0 Å². The molecule has 1 N–H and O–H groups in total. The van der Waals surface area contributed by atoms with Crippen LogP contribution >= 0.6 is 0 Å². The lowest BCUT2D eigenvalue weighted by atomic mass is 10.0. The fourth-order valence-electron chi connectivity index (χ4n) is 3.62. The topological polar surface area (TPSA) is 82.4 Å². The van der Waals surface area contributed by atoms with Crippen molar-refractivity contribution in [2.24, 2.45) is 0 Å². The molecule has 0 bridgehead atoms. The molecule has 0 fully saturated rings. The van der Waals surface area contributed by atoms with Gasteiger partial charge in [-0.2, -0.15) is 9.57 Å². The average Bonchev–Trinajstić information content (AvgIpc) is 2.86. The summed E-state index contributed by atoms with van der Waals surface area (Å²) in [5.74, 6) is -0.771. The second-order valence-electron chi connectivity index (χ2n) is 7.65. The number of hydrogen-bond acceptors (Lipinski definition) is 5. The zero-order valence-corrected chi connectivity index (χ0v) is 18.8. The fraction of sp³-hybridized carbons (Fsp3) is 0.160. The maximum Gasteiger partial charge on any atom is 0.244 e. The molecule has 1 heterocycles. The number of nitrogens with one attached hydrogen (secondary N) is 1. The molecule has 0 radical (unpaired) electrons.